The molecule has 1 aliphatic carbocycles. The maximum Gasteiger partial charge on any atom is 0.317 e. The van der Waals surface area contributed by atoms with Crippen LogP contribution in [0, 0.1) is 5.92 Å². The van der Waals surface area contributed by atoms with Crippen molar-refractivity contribution >= 4 is 17.8 Å². The molecule has 4 fully saturated rings. The molecule has 4 aliphatic rings. The van der Waals surface area contributed by atoms with Crippen molar-refractivity contribution < 1.29 is 14.4 Å². The molecule has 3 aliphatic heterocycles. The van der Waals surface area contributed by atoms with Gasteiger partial charge < -0.3 is 20.9 Å². The minimum Gasteiger partial charge on any atom is -0.356 e. The first kappa shape index (κ1) is 16.7. The molecule has 25 heavy (non-hydrogen) atoms. The SMILES string of the molecule is O=C1CC(C2CCCCN2C(=O)NC2CCC(=O)NC23CCC3)CN1. The van der Waals surface area contributed by atoms with Crippen molar-refractivity contribution in [1.29, 1.82) is 0 Å². The van der Waals surface area contributed by atoms with E-state index in [0.29, 0.717) is 19.4 Å². The molecule has 3 atom stereocenters. The first-order valence-corrected chi connectivity index (χ1v) is 9.72. The number of piperidine rings is 2. The lowest BCUT2D eigenvalue weighted by Gasteiger charge is -2.51. The largest absolute Gasteiger partial charge is 0.356 e. The Morgan fingerprint density at radius 3 is 2.64 bits per heavy atom. The zero-order valence-corrected chi connectivity index (χ0v) is 14.7. The number of nitrogens with one attached hydrogen (secondary N) is 3. The maximum atomic E-state index is 13.0. The molecular formula is C18H28N4O3. The van der Waals surface area contributed by atoms with Crippen LogP contribution in [0.4, 0.5) is 4.79 Å². The first-order chi connectivity index (χ1) is 12.1. The van der Waals surface area contributed by atoms with Crippen LogP contribution in [0.5, 0.6) is 0 Å². The van der Waals surface area contributed by atoms with Gasteiger partial charge in [0, 0.05) is 37.9 Å². The molecule has 3 saturated heterocycles. The van der Waals surface area contributed by atoms with E-state index in [4.69, 9.17) is 0 Å². The van der Waals surface area contributed by atoms with E-state index in [1.165, 1.54) is 0 Å². The summed E-state index contributed by atoms with van der Waals surface area (Å²) in [5.74, 6) is 0.429. The Labute approximate surface area is 148 Å². The van der Waals surface area contributed by atoms with Crippen LogP contribution >= 0.6 is 0 Å². The molecule has 138 valence electrons. The summed E-state index contributed by atoms with van der Waals surface area (Å²) in [5, 5.41) is 9.27. The number of amides is 4. The van der Waals surface area contributed by atoms with E-state index in [9.17, 15) is 14.4 Å². The normalized spacial score (nSPS) is 34.2. The predicted octanol–water partition coefficient (Wildman–Crippen LogP) is 0.888. The number of carbonyl (C=O) groups is 3. The minimum atomic E-state index is -0.221. The Kier molecular flexibility index (Phi) is 4.33. The van der Waals surface area contributed by atoms with Crippen LogP contribution in [-0.4, -0.2) is 53.5 Å². The van der Waals surface area contributed by atoms with Crippen molar-refractivity contribution in [3.63, 3.8) is 0 Å². The monoisotopic (exact) mass is 348 g/mol. The summed E-state index contributed by atoms with van der Waals surface area (Å²) < 4.78 is 0. The van der Waals surface area contributed by atoms with Crippen molar-refractivity contribution in [2.75, 3.05) is 13.1 Å². The molecule has 7 nitrogen and oxygen atoms in total. The molecule has 1 saturated carbocycles. The van der Waals surface area contributed by atoms with Crippen molar-refractivity contribution in [2.24, 2.45) is 5.92 Å². The third kappa shape index (κ3) is 3.09. The molecule has 0 aromatic rings. The second-order valence-electron chi connectivity index (χ2n) is 8.12. The second kappa shape index (κ2) is 6.50. The summed E-state index contributed by atoms with van der Waals surface area (Å²) in [6.07, 6.45) is 7.85. The summed E-state index contributed by atoms with van der Waals surface area (Å²) in [4.78, 5) is 38.3. The van der Waals surface area contributed by atoms with Crippen LogP contribution in [0.3, 0.4) is 0 Å². The van der Waals surface area contributed by atoms with E-state index in [2.05, 4.69) is 16.0 Å². The maximum absolute atomic E-state index is 13.0. The number of urea groups is 1. The highest BCUT2D eigenvalue weighted by molar-refractivity contribution is 5.81. The van der Waals surface area contributed by atoms with E-state index in [0.717, 1.165) is 51.5 Å². The lowest BCUT2D eigenvalue weighted by Crippen LogP contribution is -2.69. The van der Waals surface area contributed by atoms with Gasteiger partial charge in [0.15, 0.2) is 0 Å². The fourth-order valence-electron chi connectivity index (χ4n) is 5.05. The van der Waals surface area contributed by atoms with Crippen LogP contribution < -0.4 is 16.0 Å². The summed E-state index contributed by atoms with van der Waals surface area (Å²) in [7, 11) is 0. The highest BCUT2D eigenvalue weighted by Gasteiger charge is 2.49. The zero-order valence-electron chi connectivity index (χ0n) is 14.7. The molecule has 3 unspecified atom stereocenters. The number of hydrogen-bond donors (Lipinski definition) is 3. The van der Waals surface area contributed by atoms with Gasteiger partial charge in [0.2, 0.25) is 11.8 Å². The molecule has 3 heterocycles. The molecular weight excluding hydrogens is 320 g/mol. The van der Waals surface area contributed by atoms with Crippen LogP contribution in [0.1, 0.15) is 57.8 Å². The van der Waals surface area contributed by atoms with Gasteiger partial charge in [0.1, 0.15) is 0 Å². The summed E-state index contributed by atoms with van der Waals surface area (Å²) in [6, 6.07) is 0.150. The average Bonchev–Trinajstić information content (AvgIpc) is 3.01. The van der Waals surface area contributed by atoms with Crippen molar-refractivity contribution in [1.82, 2.24) is 20.9 Å². The lowest BCUT2D eigenvalue weighted by molar-refractivity contribution is -0.128. The highest BCUT2D eigenvalue weighted by atomic mass is 16.2. The average molecular weight is 348 g/mol. The minimum absolute atomic E-state index is 0.0172. The van der Waals surface area contributed by atoms with Gasteiger partial charge in [-0.3, -0.25) is 9.59 Å². The number of hydrogen-bond acceptors (Lipinski definition) is 3. The van der Waals surface area contributed by atoms with Gasteiger partial charge in [0.25, 0.3) is 0 Å². The number of rotatable bonds is 2. The Morgan fingerprint density at radius 1 is 1.12 bits per heavy atom. The van der Waals surface area contributed by atoms with Crippen molar-refractivity contribution in [3.05, 3.63) is 0 Å². The molecule has 4 amide bonds. The third-order valence-electron chi connectivity index (χ3n) is 6.62. The van der Waals surface area contributed by atoms with Crippen LogP contribution in [0.25, 0.3) is 0 Å². The first-order valence-electron chi connectivity index (χ1n) is 9.72. The molecule has 0 bridgehead atoms. The fourth-order valence-corrected chi connectivity index (χ4v) is 5.05. The Bertz CT molecular complexity index is 575. The zero-order chi connectivity index (χ0) is 17.4. The Hall–Kier alpha value is -1.79. The molecule has 4 rings (SSSR count). The van der Waals surface area contributed by atoms with Gasteiger partial charge in [0.05, 0.1) is 11.6 Å². The van der Waals surface area contributed by atoms with Crippen molar-refractivity contribution in [3.8, 4) is 0 Å². The summed E-state index contributed by atoms with van der Waals surface area (Å²) in [5.41, 5.74) is -0.221. The van der Waals surface area contributed by atoms with E-state index in [-0.39, 0.29) is 41.4 Å². The van der Waals surface area contributed by atoms with Crippen molar-refractivity contribution in [2.45, 2.75) is 75.4 Å². The van der Waals surface area contributed by atoms with Crippen LogP contribution in [0.15, 0.2) is 0 Å². The lowest BCUT2D eigenvalue weighted by atomic mass is 9.68. The molecule has 3 N–H and O–H groups in total. The Balaban J connectivity index is 1.43. The molecule has 0 aromatic carbocycles. The van der Waals surface area contributed by atoms with Gasteiger partial charge in [-0.15, -0.1) is 0 Å². The molecule has 7 heteroatoms. The van der Waals surface area contributed by atoms with E-state index in [1.807, 2.05) is 4.90 Å². The smallest absolute Gasteiger partial charge is 0.317 e. The standard InChI is InChI=1S/C18H28N4O3/c23-15-6-5-14(18(21-15)7-3-8-18)20-17(25)22-9-2-1-4-13(22)12-10-16(24)19-11-12/h12-14H,1-11H2,(H,19,24)(H,20,25)(H,21,23). The molecule has 1 spiro atoms. The van der Waals surface area contributed by atoms with Gasteiger partial charge in [-0.1, -0.05) is 0 Å². The second-order valence-corrected chi connectivity index (χ2v) is 8.12. The highest BCUT2D eigenvalue weighted by Crippen LogP contribution is 2.39. The Morgan fingerprint density at radius 2 is 1.96 bits per heavy atom. The molecule has 0 aromatic heterocycles. The van der Waals surface area contributed by atoms with Crippen LogP contribution in [0.2, 0.25) is 0 Å². The third-order valence-corrected chi connectivity index (χ3v) is 6.62. The molecule has 0 radical (unpaired) electrons. The van der Waals surface area contributed by atoms with Gasteiger partial charge in [-0.2, -0.15) is 0 Å². The van der Waals surface area contributed by atoms with E-state index >= 15 is 0 Å². The number of carbonyl (C=O) groups excluding carboxylic acids is 3. The fraction of sp³-hybridized carbons (Fsp3) is 0.833. The number of nitrogens with zero attached hydrogens (tertiary/aromatic N) is 1. The van der Waals surface area contributed by atoms with Crippen LogP contribution in [-0.2, 0) is 9.59 Å². The summed E-state index contributed by atoms with van der Waals surface area (Å²) in [6.45, 7) is 1.43. The predicted molar refractivity (Wildman–Crippen MR) is 91.7 cm³/mol. The van der Waals surface area contributed by atoms with Gasteiger partial charge in [-0.25, -0.2) is 4.79 Å². The van der Waals surface area contributed by atoms with E-state index in [1.54, 1.807) is 0 Å². The van der Waals surface area contributed by atoms with Gasteiger partial charge in [-0.05, 0) is 44.9 Å². The van der Waals surface area contributed by atoms with E-state index < -0.39 is 0 Å². The summed E-state index contributed by atoms with van der Waals surface area (Å²) >= 11 is 0. The van der Waals surface area contributed by atoms with Gasteiger partial charge >= 0.3 is 6.03 Å². The topological polar surface area (TPSA) is 90.5 Å². The quantitative estimate of drug-likeness (QED) is 0.692. The number of likely N-dealkylation sites (tertiary alicyclic amines) is 1.